The van der Waals surface area contributed by atoms with Crippen LogP contribution in [-0.2, 0) is 0 Å². The van der Waals surface area contributed by atoms with Crippen molar-refractivity contribution in [2.24, 2.45) is 9.98 Å². The number of rotatable bonds is 4. The number of allylic oxidation sites excluding steroid dienone is 2. The molecule has 2 heteroatoms. The van der Waals surface area contributed by atoms with Crippen LogP contribution in [0, 0.1) is 6.92 Å². The molecule has 0 N–H and O–H groups in total. The first kappa shape index (κ1) is 17.8. The van der Waals surface area contributed by atoms with E-state index in [4.69, 9.17) is 9.98 Å². The number of nitrogens with zero attached hydrogens (tertiary/aromatic N) is 2. The first-order chi connectivity index (χ1) is 12.6. The molecule has 0 aromatic heterocycles. The summed E-state index contributed by atoms with van der Waals surface area (Å²) in [5.41, 5.74) is 6.08. The van der Waals surface area contributed by atoms with Crippen LogP contribution in [0.15, 0.2) is 95.0 Å². The first-order valence-electron chi connectivity index (χ1n) is 8.96. The summed E-state index contributed by atoms with van der Waals surface area (Å²) in [4.78, 5) is 9.62. The van der Waals surface area contributed by atoms with Gasteiger partial charge in [0.15, 0.2) is 5.84 Å². The van der Waals surface area contributed by atoms with E-state index >= 15 is 0 Å². The lowest BCUT2D eigenvalue weighted by atomic mass is 10.1. The fourth-order valence-corrected chi connectivity index (χ4v) is 2.77. The molecule has 3 rings (SSSR count). The van der Waals surface area contributed by atoms with Gasteiger partial charge in [0.25, 0.3) is 0 Å². The zero-order valence-corrected chi connectivity index (χ0v) is 15.4. The second-order valence-electron chi connectivity index (χ2n) is 6.45. The molecule has 0 saturated carbocycles. The van der Waals surface area contributed by atoms with Crippen molar-refractivity contribution in [1.82, 2.24) is 0 Å². The van der Waals surface area contributed by atoms with E-state index in [9.17, 15) is 0 Å². The van der Waals surface area contributed by atoms with Crippen LogP contribution in [0.2, 0.25) is 0 Å². The van der Waals surface area contributed by atoms with Crippen molar-refractivity contribution >= 4 is 17.2 Å². The second kappa shape index (κ2) is 8.39. The van der Waals surface area contributed by atoms with Gasteiger partial charge in [0, 0.05) is 11.3 Å². The summed E-state index contributed by atoms with van der Waals surface area (Å²) in [5, 5.41) is 0. The smallest absolute Gasteiger partial charge is 0.159 e. The minimum atomic E-state index is 0.716. The van der Waals surface area contributed by atoms with Gasteiger partial charge in [-0.2, -0.15) is 0 Å². The number of aliphatic imine (C=N–C) groups is 2. The monoisotopic (exact) mass is 340 g/mol. The van der Waals surface area contributed by atoms with Crippen molar-refractivity contribution < 1.29 is 0 Å². The zero-order valence-electron chi connectivity index (χ0n) is 15.4. The van der Waals surface area contributed by atoms with E-state index in [0.717, 1.165) is 41.0 Å². The fourth-order valence-electron chi connectivity index (χ4n) is 2.77. The predicted octanol–water partition coefficient (Wildman–Crippen LogP) is 6.15. The Labute approximate surface area is 156 Å². The molecule has 0 fully saturated rings. The Morgan fingerprint density at radius 1 is 0.885 bits per heavy atom. The van der Waals surface area contributed by atoms with Gasteiger partial charge < -0.3 is 0 Å². The third-order valence-electron chi connectivity index (χ3n) is 4.34. The van der Waals surface area contributed by atoms with Crippen LogP contribution in [0.4, 0.5) is 0 Å². The Hall–Kier alpha value is -3.00. The highest BCUT2D eigenvalue weighted by atomic mass is 14.9. The molecule has 26 heavy (non-hydrogen) atoms. The van der Waals surface area contributed by atoms with E-state index in [1.807, 2.05) is 37.3 Å². The Kier molecular flexibility index (Phi) is 5.75. The van der Waals surface area contributed by atoms with E-state index < -0.39 is 0 Å². The van der Waals surface area contributed by atoms with Gasteiger partial charge >= 0.3 is 0 Å². The van der Waals surface area contributed by atoms with E-state index in [1.165, 1.54) is 5.56 Å². The van der Waals surface area contributed by atoms with E-state index in [2.05, 4.69) is 56.0 Å². The maximum absolute atomic E-state index is 4.85. The van der Waals surface area contributed by atoms with Crippen LogP contribution in [0.1, 0.15) is 36.5 Å². The lowest BCUT2D eigenvalue weighted by molar-refractivity contribution is 1.03. The van der Waals surface area contributed by atoms with E-state index in [-0.39, 0.29) is 0 Å². The van der Waals surface area contributed by atoms with Crippen LogP contribution >= 0.6 is 0 Å². The molecule has 2 aromatic carbocycles. The number of hydrogen-bond donors (Lipinski definition) is 0. The number of aryl methyl sites for hydroxylation is 1. The molecule has 0 amide bonds. The molecule has 0 bridgehead atoms. The summed E-state index contributed by atoms with van der Waals surface area (Å²) >= 11 is 0. The fraction of sp³-hybridized carbons (Fsp3) is 0.167. The van der Waals surface area contributed by atoms with Gasteiger partial charge in [-0.3, -0.25) is 0 Å². The van der Waals surface area contributed by atoms with Crippen LogP contribution in [0.3, 0.4) is 0 Å². The summed E-state index contributed by atoms with van der Waals surface area (Å²) in [7, 11) is 0. The summed E-state index contributed by atoms with van der Waals surface area (Å²) in [5.74, 6) is 0.716. The van der Waals surface area contributed by atoms with Crippen LogP contribution in [0.25, 0.3) is 5.70 Å². The normalized spacial score (nSPS) is 14.9. The molecule has 0 unspecified atom stereocenters. The molecule has 0 saturated heterocycles. The summed E-state index contributed by atoms with van der Waals surface area (Å²) in [6, 6.07) is 18.4. The molecule has 1 aliphatic carbocycles. The number of benzene rings is 2. The molecule has 0 heterocycles. The maximum Gasteiger partial charge on any atom is 0.159 e. The average molecular weight is 340 g/mol. The van der Waals surface area contributed by atoms with Gasteiger partial charge in [-0.1, -0.05) is 85.0 Å². The van der Waals surface area contributed by atoms with Gasteiger partial charge in [0.2, 0.25) is 0 Å². The average Bonchev–Trinajstić information content (AvgIpc) is 2.69. The van der Waals surface area contributed by atoms with Gasteiger partial charge in [-0.05, 0) is 37.8 Å². The van der Waals surface area contributed by atoms with Crippen molar-refractivity contribution in [1.29, 1.82) is 0 Å². The van der Waals surface area contributed by atoms with Gasteiger partial charge in [-0.15, -0.1) is 0 Å². The van der Waals surface area contributed by atoms with E-state index in [1.54, 1.807) is 0 Å². The second-order valence-corrected chi connectivity index (χ2v) is 6.45. The van der Waals surface area contributed by atoms with Crippen molar-refractivity contribution in [2.45, 2.75) is 26.7 Å². The Morgan fingerprint density at radius 3 is 2.27 bits per heavy atom. The standard InChI is InChI=1S/C24H24N2/c1-18-14-16-22(17-15-18)20(3)26-24(23-12-8-5-9-13-23)25-19(2)21-10-6-4-7-11-21/h4,6-8,10-17H,2,5,9H2,1,3H3. The topological polar surface area (TPSA) is 24.7 Å². The highest BCUT2D eigenvalue weighted by Crippen LogP contribution is 2.19. The lowest BCUT2D eigenvalue weighted by Gasteiger charge is -2.10. The van der Waals surface area contributed by atoms with Crippen LogP contribution in [0.5, 0.6) is 0 Å². The molecule has 0 aliphatic heterocycles. The highest BCUT2D eigenvalue weighted by molar-refractivity contribution is 6.13. The van der Waals surface area contributed by atoms with Crippen molar-refractivity contribution in [2.75, 3.05) is 0 Å². The molecule has 2 nitrogen and oxygen atoms in total. The molecular weight excluding hydrogens is 316 g/mol. The van der Waals surface area contributed by atoms with Gasteiger partial charge in [0.05, 0.1) is 5.70 Å². The SMILES string of the molecule is C=C(N=C(N=C(C)c1ccc(C)cc1)C1=CCCC=C1)c1ccccc1. The molecule has 0 spiro atoms. The third kappa shape index (κ3) is 4.54. The number of hydrogen-bond acceptors (Lipinski definition) is 1. The Bertz CT molecular complexity index is 895. The quantitative estimate of drug-likeness (QED) is 0.471. The van der Waals surface area contributed by atoms with Crippen molar-refractivity contribution in [3.63, 3.8) is 0 Å². The van der Waals surface area contributed by atoms with Crippen LogP contribution < -0.4 is 0 Å². The lowest BCUT2D eigenvalue weighted by Crippen LogP contribution is -2.06. The number of amidine groups is 1. The minimum Gasteiger partial charge on any atom is -0.233 e. The minimum absolute atomic E-state index is 0.716. The molecular formula is C24H24N2. The Balaban J connectivity index is 1.98. The molecule has 130 valence electrons. The predicted molar refractivity (Wildman–Crippen MR) is 113 cm³/mol. The molecule has 1 aliphatic rings. The van der Waals surface area contributed by atoms with Crippen molar-refractivity contribution in [3.8, 4) is 0 Å². The third-order valence-corrected chi connectivity index (χ3v) is 4.34. The molecule has 0 radical (unpaired) electrons. The summed E-state index contributed by atoms with van der Waals surface area (Å²) in [6.07, 6.45) is 8.56. The van der Waals surface area contributed by atoms with Gasteiger partial charge in [-0.25, -0.2) is 9.98 Å². The van der Waals surface area contributed by atoms with Crippen LogP contribution in [-0.4, -0.2) is 11.5 Å². The highest BCUT2D eigenvalue weighted by Gasteiger charge is 2.09. The zero-order chi connectivity index (χ0) is 18.4. The van der Waals surface area contributed by atoms with E-state index in [0.29, 0.717) is 5.84 Å². The summed E-state index contributed by atoms with van der Waals surface area (Å²) < 4.78 is 0. The molecule has 2 aromatic rings. The summed E-state index contributed by atoms with van der Waals surface area (Å²) in [6.45, 7) is 8.26. The van der Waals surface area contributed by atoms with Gasteiger partial charge in [0.1, 0.15) is 0 Å². The maximum atomic E-state index is 4.85. The molecule has 0 atom stereocenters. The van der Waals surface area contributed by atoms with Crippen molar-refractivity contribution in [3.05, 3.63) is 102 Å². The first-order valence-corrected chi connectivity index (χ1v) is 8.96. The Morgan fingerprint density at radius 2 is 1.62 bits per heavy atom. The largest absolute Gasteiger partial charge is 0.233 e.